The molecule has 1 aliphatic rings. The highest BCUT2D eigenvalue weighted by Crippen LogP contribution is 2.25. The van der Waals surface area contributed by atoms with Crippen LogP contribution in [-0.2, 0) is 0 Å². The van der Waals surface area contributed by atoms with E-state index in [0.29, 0.717) is 11.5 Å². The first-order valence-corrected chi connectivity index (χ1v) is 6.57. The van der Waals surface area contributed by atoms with Gasteiger partial charge in [0.1, 0.15) is 0 Å². The fourth-order valence-corrected chi connectivity index (χ4v) is 1.96. The number of hydrogen-bond donors (Lipinski definition) is 3. The standard InChI is InChI=1S/C14H21N3O/c1-10(2)5-6-17-14(18)11-3-4-12-13(9-11)16-8-7-15-12/h3-4,9-10,15-16H,5-8H2,1-2H3,(H,17,18). The maximum absolute atomic E-state index is 12.0. The second kappa shape index (κ2) is 5.76. The Hall–Kier alpha value is -1.71. The third-order valence-electron chi connectivity index (χ3n) is 3.04. The molecule has 4 heteroatoms. The van der Waals surface area contributed by atoms with Gasteiger partial charge in [-0.1, -0.05) is 13.8 Å². The van der Waals surface area contributed by atoms with Crippen LogP contribution < -0.4 is 16.0 Å². The molecule has 1 amide bonds. The van der Waals surface area contributed by atoms with E-state index in [2.05, 4.69) is 29.8 Å². The predicted molar refractivity (Wildman–Crippen MR) is 75.2 cm³/mol. The molecule has 4 nitrogen and oxygen atoms in total. The number of amides is 1. The van der Waals surface area contributed by atoms with Crippen LogP contribution in [0, 0.1) is 5.92 Å². The molecule has 0 aromatic heterocycles. The van der Waals surface area contributed by atoms with Gasteiger partial charge < -0.3 is 16.0 Å². The van der Waals surface area contributed by atoms with Crippen molar-refractivity contribution < 1.29 is 4.79 Å². The van der Waals surface area contributed by atoms with Crippen molar-refractivity contribution >= 4 is 17.3 Å². The molecule has 0 radical (unpaired) electrons. The molecular weight excluding hydrogens is 226 g/mol. The smallest absolute Gasteiger partial charge is 0.251 e. The van der Waals surface area contributed by atoms with Crippen LogP contribution in [0.3, 0.4) is 0 Å². The maximum Gasteiger partial charge on any atom is 0.251 e. The molecule has 1 aromatic carbocycles. The third-order valence-corrected chi connectivity index (χ3v) is 3.04. The van der Waals surface area contributed by atoms with E-state index < -0.39 is 0 Å². The van der Waals surface area contributed by atoms with E-state index in [4.69, 9.17) is 0 Å². The van der Waals surface area contributed by atoms with Gasteiger partial charge in [0, 0.05) is 25.2 Å². The molecule has 0 spiro atoms. The SMILES string of the molecule is CC(C)CCNC(=O)c1ccc2c(c1)NCCN2. The summed E-state index contributed by atoms with van der Waals surface area (Å²) < 4.78 is 0. The van der Waals surface area contributed by atoms with Gasteiger partial charge in [-0.3, -0.25) is 4.79 Å². The Morgan fingerprint density at radius 2 is 2.00 bits per heavy atom. The van der Waals surface area contributed by atoms with Gasteiger partial charge in [0.15, 0.2) is 0 Å². The first-order valence-electron chi connectivity index (χ1n) is 6.57. The zero-order chi connectivity index (χ0) is 13.0. The lowest BCUT2D eigenvalue weighted by atomic mass is 10.1. The van der Waals surface area contributed by atoms with Crippen LogP contribution in [0.15, 0.2) is 18.2 Å². The van der Waals surface area contributed by atoms with Crippen LogP contribution >= 0.6 is 0 Å². The van der Waals surface area contributed by atoms with Crippen LogP contribution in [0.5, 0.6) is 0 Å². The number of rotatable bonds is 4. The Balaban J connectivity index is 1.98. The molecule has 0 aliphatic carbocycles. The highest BCUT2D eigenvalue weighted by Gasteiger charge is 2.11. The van der Waals surface area contributed by atoms with Gasteiger partial charge in [-0.25, -0.2) is 0 Å². The van der Waals surface area contributed by atoms with Crippen LogP contribution in [0.1, 0.15) is 30.6 Å². The molecule has 1 aliphatic heterocycles. The summed E-state index contributed by atoms with van der Waals surface area (Å²) in [6.45, 7) is 6.86. The minimum absolute atomic E-state index is 0.00539. The average molecular weight is 247 g/mol. The van der Waals surface area contributed by atoms with Crippen molar-refractivity contribution in [2.75, 3.05) is 30.3 Å². The number of carbonyl (C=O) groups excluding carboxylic acids is 1. The zero-order valence-electron chi connectivity index (χ0n) is 11.0. The Kier molecular flexibility index (Phi) is 4.07. The molecule has 1 aromatic rings. The van der Waals surface area contributed by atoms with E-state index in [-0.39, 0.29) is 5.91 Å². The molecular formula is C14H21N3O. The van der Waals surface area contributed by atoms with Gasteiger partial charge >= 0.3 is 0 Å². The quantitative estimate of drug-likeness (QED) is 0.765. The van der Waals surface area contributed by atoms with E-state index in [0.717, 1.165) is 37.4 Å². The van der Waals surface area contributed by atoms with Crippen molar-refractivity contribution in [3.63, 3.8) is 0 Å². The van der Waals surface area contributed by atoms with Crippen LogP contribution in [-0.4, -0.2) is 25.5 Å². The lowest BCUT2D eigenvalue weighted by molar-refractivity contribution is 0.0952. The number of benzene rings is 1. The summed E-state index contributed by atoms with van der Waals surface area (Å²) in [5.74, 6) is 0.616. The first kappa shape index (κ1) is 12.7. The van der Waals surface area contributed by atoms with Gasteiger partial charge in [0.25, 0.3) is 5.91 Å². The van der Waals surface area contributed by atoms with Crippen molar-refractivity contribution in [3.05, 3.63) is 23.8 Å². The fourth-order valence-electron chi connectivity index (χ4n) is 1.96. The van der Waals surface area contributed by atoms with E-state index in [1.807, 2.05) is 18.2 Å². The van der Waals surface area contributed by atoms with Crippen molar-refractivity contribution in [1.29, 1.82) is 0 Å². The molecule has 0 unspecified atom stereocenters. The van der Waals surface area contributed by atoms with Crippen LogP contribution in [0.2, 0.25) is 0 Å². The Morgan fingerprint density at radius 3 is 2.72 bits per heavy atom. The summed E-state index contributed by atoms with van der Waals surface area (Å²) >= 11 is 0. The van der Waals surface area contributed by atoms with Gasteiger partial charge in [0.05, 0.1) is 11.4 Å². The van der Waals surface area contributed by atoms with E-state index in [1.54, 1.807) is 0 Å². The molecule has 18 heavy (non-hydrogen) atoms. The highest BCUT2D eigenvalue weighted by molar-refractivity contribution is 5.96. The topological polar surface area (TPSA) is 53.2 Å². The third kappa shape index (κ3) is 3.15. The van der Waals surface area contributed by atoms with Crippen molar-refractivity contribution in [3.8, 4) is 0 Å². The number of anilines is 2. The van der Waals surface area contributed by atoms with Gasteiger partial charge in [0.2, 0.25) is 0 Å². The second-order valence-corrected chi connectivity index (χ2v) is 5.05. The Morgan fingerprint density at radius 1 is 1.28 bits per heavy atom. The van der Waals surface area contributed by atoms with Crippen molar-refractivity contribution in [2.45, 2.75) is 20.3 Å². The van der Waals surface area contributed by atoms with Crippen LogP contribution in [0.25, 0.3) is 0 Å². The minimum Gasteiger partial charge on any atom is -0.382 e. The summed E-state index contributed by atoms with van der Waals surface area (Å²) in [4.78, 5) is 12.0. The van der Waals surface area contributed by atoms with Gasteiger partial charge in [-0.15, -0.1) is 0 Å². The Bertz CT molecular complexity index is 429. The molecule has 0 bridgehead atoms. The first-order chi connectivity index (χ1) is 8.66. The molecule has 0 saturated heterocycles. The van der Waals surface area contributed by atoms with E-state index in [1.165, 1.54) is 0 Å². The lowest BCUT2D eigenvalue weighted by Crippen LogP contribution is -2.26. The zero-order valence-corrected chi connectivity index (χ0v) is 11.0. The fraction of sp³-hybridized carbons (Fsp3) is 0.500. The minimum atomic E-state index is 0.00539. The molecule has 0 atom stereocenters. The Labute approximate surface area is 108 Å². The summed E-state index contributed by atoms with van der Waals surface area (Å²) in [5, 5.41) is 9.53. The summed E-state index contributed by atoms with van der Waals surface area (Å²) in [7, 11) is 0. The monoisotopic (exact) mass is 247 g/mol. The molecule has 1 heterocycles. The normalized spacial score (nSPS) is 13.5. The average Bonchev–Trinajstić information content (AvgIpc) is 2.37. The van der Waals surface area contributed by atoms with Crippen molar-refractivity contribution in [2.24, 2.45) is 5.92 Å². The highest BCUT2D eigenvalue weighted by atomic mass is 16.1. The van der Waals surface area contributed by atoms with Crippen LogP contribution in [0.4, 0.5) is 11.4 Å². The number of hydrogen-bond acceptors (Lipinski definition) is 3. The summed E-state index contributed by atoms with van der Waals surface area (Å²) in [5.41, 5.74) is 2.80. The predicted octanol–water partition coefficient (Wildman–Crippen LogP) is 2.30. The summed E-state index contributed by atoms with van der Waals surface area (Å²) in [6, 6.07) is 5.73. The molecule has 98 valence electrons. The van der Waals surface area contributed by atoms with E-state index in [9.17, 15) is 4.79 Å². The number of nitrogens with one attached hydrogen (secondary N) is 3. The van der Waals surface area contributed by atoms with E-state index >= 15 is 0 Å². The molecule has 2 rings (SSSR count). The van der Waals surface area contributed by atoms with Crippen molar-refractivity contribution in [1.82, 2.24) is 5.32 Å². The lowest BCUT2D eigenvalue weighted by Gasteiger charge is -2.20. The largest absolute Gasteiger partial charge is 0.382 e. The number of carbonyl (C=O) groups is 1. The summed E-state index contributed by atoms with van der Waals surface area (Å²) in [6.07, 6.45) is 1.01. The van der Waals surface area contributed by atoms with Gasteiger partial charge in [-0.05, 0) is 30.5 Å². The maximum atomic E-state index is 12.0. The molecule has 0 fully saturated rings. The number of fused-ring (bicyclic) bond motifs is 1. The van der Waals surface area contributed by atoms with Gasteiger partial charge in [-0.2, -0.15) is 0 Å². The molecule has 3 N–H and O–H groups in total. The second-order valence-electron chi connectivity index (χ2n) is 5.05. The molecule has 0 saturated carbocycles.